The highest BCUT2D eigenvalue weighted by Crippen LogP contribution is 2.29. The van der Waals surface area contributed by atoms with Gasteiger partial charge in [-0.3, -0.25) is 4.90 Å². The third-order valence-corrected chi connectivity index (χ3v) is 3.56. The topological polar surface area (TPSA) is 15.3 Å². The highest BCUT2D eigenvalue weighted by molar-refractivity contribution is 4.96. The molecule has 12 heavy (non-hydrogen) atoms. The highest BCUT2D eigenvalue weighted by atomic mass is 15.2. The average molecular weight is 166 g/mol. The smallest absolute Gasteiger partial charge is 0.0212 e. The third kappa shape index (κ3) is 1.27. The van der Waals surface area contributed by atoms with Gasteiger partial charge in [-0.1, -0.05) is 0 Å². The Hall–Kier alpha value is -0.0800. The second kappa shape index (κ2) is 2.71. The van der Waals surface area contributed by atoms with Crippen molar-refractivity contribution in [3.05, 3.63) is 0 Å². The summed E-state index contributed by atoms with van der Waals surface area (Å²) in [5, 5.41) is 3.74. The van der Waals surface area contributed by atoms with Crippen molar-refractivity contribution >= 4 is 0 Å². The maximum Gasteiger partial charge on any atom is 0.0212 e. The number of nitrogens with zero attached hydrogens (tertiary/aromatic N) is 1. The molecule has 0 aromatic carbocycles. The Morgan fingerprint density at radius 2 is 2.00 bits per heavy atom. The van der Waals surface area contributed by atoms with Gasteiger partial charge in [-0.15, -0.1) is 0 Å². The molecular formula is C10H18N2. The van der Waals surface area contributed by atoms with Crippen LogP contribution >= 0.6 is 0 Å². The van der Waals surface area contributed by atoms with Crippen LogP contribution in [0.15, 0.2) is 0 Å². The number of hydrogen-bond donors (Lipinski definition) is 1. The van der Waals surface area contributed by atoms with E-state index in [0.29, 0.717) is 0 Å². The molecule has 2 aliphatic heterocycles. The molecular weight excluding hydrogens is 148 g/mol. The summed E-state index contributed by atoms with van der Waals surface area (Å²) in [6.07, 6.45) is 7.20. The van der Waals surface area contributed by atoms with Gasteiger partial charge in [0.15, 0.2) is 0 Å². The normalized spacial score (nSPS) is 42.0. The van der Waals surface area contributed by atoms with Crippen LogP contribution in [0.1, 0.15) is 32.1 Å². The molecule has 0 amide bonds. The van der Waals surface area contributed by atoms with Crippen molar-refractivity contribution in [1.82, 2.24) is 10.2 Å². The maximum atomic E-state index is 3.74. The van der Waals surface area contributed by atoms with E-state index in [-0.39, 0.29) is 0 Å². The molecule has 2 heterocycles. The van der Waals surface area contributed by atoms with Crippen molar-refractivity contribution in [3.63, 3.8) is 0 Å². The van der Waals surface area contributed by atoms with Crippen LogP contribution in [0.5, 0.6) is 0 Å². The fourth-order valence-corrected chi connectivity index (χ4v) is 2.79. The number of rotatable bonds is 2. The largest absolute Gasteiger partial charge is 0.310 e. The van der Waals surface area contributed by atoms with Gasteiger partial charge in [0.1, 0.15) is 0 Å². The van der Waals surface area contributed by atoms with Gasteiger partial charge in [-0.05, 0) is 38.6 Å². The van der Waals surface area contributed by atoms with E-state index in [1.807, 2.05) is 0 Å². The lowest BCUT2D eigenvalue weighted by atomic mass is 10.1. The number of hydrogen-bond acceptors (Lipinski definition) is 2. The first-order valence-electron chi connectivity index (χ1n) is 5.42. The number of fused-ring (bicyclic) bond motifs is 1. The third-order valence-electron chi connectivity index (χ3n) is 3.56. The van der Waals surface area contributed by atoms with E-state index in [2.05, 4.69) is 10.2 Å². The molecule has 2 saturated heterocycles. The van der Waals surface area contributed by atoms with Crippen LogP contribution in [0, 0.1) is 0 Å². The molecule has 2 heteroatoms. The summed E-state index contributed by atoms with van der Waals surface area (Å²) in [4.78, 5) is 2.68. The summed E-state index contributed by atoms with van der Waals surface area (Å²) in [5.41, 5.74) is 0. The van der Waals surface area contributed by atoms with Gasteiger partial charge in [0.05, 0.1) is 0 Å². The van der Waals surface area contributed by atoms with Crippen LogP contribution in [-0.4, -0.2) is 36.1 Å². The molecule has 3 fully saturated rings. The zero-order valence-electron chi connectivity index (χ0n) is 7.63. The van der Waals surface area contributed by atoms with Crippen LogP contribution in [0.2, 0.25) is 0 Å². The van der Waals surface area contributed by atoms with Crippen LogP contribution in [0.3, 0.4) is 0 Å². The van der Waals surface area contributed by atoms with E-state index in [0.717, 1.165) is 18.1 Å². The summed E-state index contributed by atoms with van der Waals surface area (Å²) in [5.74, 6) is 0. The maximum absolute atomic E-state index is 3.74. The van der Waals surface area contributed by atoms with Gasteiger partial charge in [-0.25, -0.2) is 0 Å². The lowest BCUT2D eigenvalue weighted by molar-refractivity contribution is 0.319. The summed E-state index contributed by atoms with van der Waals surface area (Å²) < 4.78 is 0. The van der Waals surface area contributed by atoms with Crippen molar-refractivity contribution in [2.45, 2.75) is 50.2 Å². The van der Waals surface area contributed by atoms with Crippen molar-refractivity contribution in [2.24, 2.45) is 0 Å². The van der Waals surface area contributed by atoms with Crippen LogP contribution in [0.25, 0.3) is 0 Å². The molecule has 0 bridgehead atoms. The molecule has 2 unspecified atom stereocenters. The van der Waals surface area contributed by atoms with E-state index in [9.17, 15) is 0 Å². The van der Waals surface area contributed by atoms with Gasteiger partial charge < -0.3 is 5.32 Å². The quantitative estimate of drug-likeness (QED) is 0.657. The van der Waals surface area contributed by atoms with E-state index in [1.165, 1.54) is 45.2 Å². The number of nitrogens with one attached hydrogen (secondary N) is 1. The second-order valence-electron chi connectivity index (χ2n) is 4.66. The Morgan fingerprint density at radius 1 is 1.08 bits per heavy atom. The zero-order chi connectivity index (χ0) is 7.97. The highest BCUT2D eigenvalue weighted by Gasteiger charge is 2.37. The SMILES string of the molecule is C1CC2CC(NC3CC3)CN2C1. The molecule has 3 aliphatic rings. The van der Waals surface area contributed by atoms with Crippen LogP contribution in [-0.2, 0) is 0 Å². The molecule has 2 atom stereocenters. The van der Waals surface area contributed by atoms with Crippen molar-refractivity contribution in [1.29, 1.82) is 0 Å². The molecule has 3 rings (SSSR count). The molecule has 0 aromatic rings. The molecule has 68 valence electrons. The average Bonchev–Trinajstić information content (AvgIpc) is 2.56. The molecule has 1 N–H and O–H groups in total. The summed E-state index contributed by atoms with van der Waals surface area (Å²) in [7, 11) is 0. The van der Waals surface area contributed by atoms with E-state index in [1.54, 1.807) is 0 Å². The van der Waals surface area contributed by atoms with Gasteiger partial charge in [0.25, 0.3) is 0 Å². The van der Waals surface area contributed by atoms with E-state index in [4.69, 9.17) is 0 Å². The predicted octanol–water partition coefficient (Wildman–Crippen LogP) is 0.975. The Morgan fingerprint density at radius 3 is 2.75 bits per heavy atom. The molecule has 2 nitrogen and oxygen atoms in total. The Kier molecular flexibility index (Phi) is 1.66. The molecule has 0 aromatic heterocycles. The first-order valence-corrected chi connectivity index (χ1v) is 5.42. The van der Waals surface area contributed by atoms with Gasteiger partial charge >= 0.3 is 0 Å². The Bertz CT molecular complexity index is 165. The molecule has 1 aliphatic carbocycles. The van der Waals surface area contributed by atoms with E-state index < -0.39 is 0 Å². The fourth-order valence-electron chi connectivity index (χ4n) is 2.79. The standard InChI is InChI=1S/C10H18N2/c1-2-10-6-9(7-12(10)5-1)11-8-3-4-8/h8-11H,1-7H2. The summed E-state index contributed by atoms with van der Waals surface area (Å²) in [6, 6.07) is 2.68. The van der Waals surface area contributed by atoms with Gasteiger partial charge in [0.2, 0.25) is 0 Å². The first-order chi connectivity index (χ1) is 5.92. The van der Waals surface area contributed by atoms with Crippen LogP contribution < -0.4 is 5.32 Å². The molecule has 0 radical (unpaired) electrons. The zero-order valence-corrected chi connectivity index (χ0v) is 7.63. The van der Waals surface area contributed by atoms with Gasteiger partial charge in [0, 0.05) is 24.7 Å². The Balaban J connectivity index is 1.56. The minimum atomic E-state index is 0.836. The predicted molar refractivity (Wildman–Crippen MR) is 49.2 cm³/mol. The minimum absolute atomic E-state index is 0.836. The van der Waals surface area contributed by atoms with Crippen molar-refractivity contribution < 1.29 is 0 Å². The molecule has 0 spiro atoms. The van der Waals surface area contributed by atoms with Gasteiger partial charge in [-0.2, -0.15) is 0 Å². The lowest BCUT2D eigenvalue weighted by Crippen LogP contribution is -2.33. The van der Waals surface area contributed by atoms with E-state index >= 15 is 0 Å². The van der Waals surface area contributed by atoms with Crippen LogP contribution in [0.4, 0.5) is 0 Å². The fraction of sp³-hybridized carbons (Fsp3) is 1.00. The summed E-state index contributed by atoms with van der Waals surface area (Å²) in [6.45, 7) is 2.70. The lowest BCUT2D eigenvalue weighted by Gasteiger charge is -2.13. The second-order valence-corrected chi connectivity index (χ2v) is 4.66. The first kappa shape index (κ1) is 7.34. The Labute approximate surface area is 74.3 Å². The van der Waals surface area contributed by atoms with Crippen molar-refractivity contribution in [2.75, 3.05) is 13.1 Å². The summed E-state index contributed by atoms with van der Waals surface area (Å²) >= 11 is 0. The minimum Gasteiger partial charge on any atom is -0.310 e. The monoisotopic (exact) mass is 166 g/mol. The van der Waals surface area contributed by atoms with Crippen molar-refractivity contribution in [3.8, 4) is 0 Å². The molecule has 1 saturated carbocycles.